The number of benzene rings is 3. The lowest BCUT2D eigenvalue weighted by atomic mass is 10.1. The van der Waals surface area contributed by atoms with Gasteiger partial charge in [-0.3, -0.25) is 0 Å². The van der Waals surface area contributed by atoms with E-state index >= 15 is 0 Å². The molecule has 0 unspecified atom stereocenters. The zero-order valence-electron chi connectivity index (χ0n) is 71.1. The SMILES string of the molecule is C=C(C)C(=O)OCc1cc(OCc2cc(OCCCCCCCCCCCC)c(OCCCCCCCCCCCC)c(OCCCCCCCCCCCC)c2)cc(OCc2cc(OCCCCCCCCCCCC)c(OCCCCCCCCCCCC)c(OCCCCCCCCCCCC)c2)c1. The second-order valence-electron chi connectivity index (χ2n) is 31.8. The van der Waals surface area contributed by atoms with Gasteiger partial charge in [-0.25, -0.2) is 4.79 Å². The molecular weight excluding hydrogens is 1330 g/mol. The maximum Gasteiger partial charge on any atom is 0.333 e. The van der Waals surface area contributed by atoms with Crippen LogP contribution >= 0.6 is 0 Å². The van der Waals surface area contributed by atoms with E-state index in [-0.39, 0.29) is 19.8 Å². The van der Waals surface area contributed by atoms with Crippen molar-refractivity contribution in [2.45, 2.75) is 454 Å². The van der Waals surface area contributed by atoms with Crippen molar-refractivity contribution in [1.29, 1.82) is 0 Å². The lowest BCUT2D eigenvalue weighted by molar-refractivity contribution is -0.140. The minimum absolute atomic E-state index is 0.0250. The van der Waals surface area contributed by atoms with Crippen LogP contribution in [-0.2, 0) is 29.4 Å². The first-order valence-corrected chi connectivity index (χ1v) is 46.1. The van der Waals surface area contributed by atoms with Crippen LogP contribution in [0.15, 0.2) is 54.6 Å². The van der Waals surface area contributed by atoms with Gasteiger partial charge in [-0.15, -0.1) is 0 Å². The minimum Gasteiger partial charge on any atom is -0.490 e. The molecule has 3 aromatic carbocycles. The van der Waals surface area contributed by atoms with Crippen LogP contribution in [0.4, 0.5) is 0 Å². The number of ether oxygens (including phenoxy) is 9. The van der Waals surface area contributed by atoms with Crippen LogP contribution in [0, 0.1) is 0 Å². The van der Waals surface area contributed by atoms with Gasteiger partial charge in [0.15, 0.2) is 23.0 Å². The van der Waals surface area contributed by atoms with Crippen molar-refractivity contribution in [3.63, 3.8) is 0 Å². The number of unbranched alkanes of at least 4 members (excludes halogenated alkanes) is 54. The normalized spacial score (nSPS) is 11.4. The smallest absolute Gasteiger partial charge is 0.333 e. The highest BCUT2D eigenvalue weighted by Crippen LogP contribution is 2.42. The van der Waals surface area contributed by atoms with Crippen LogP contribution in [0.2, 0.25) is 0 Å². The highest BCUT2D eigenvalue weighted by atomic mass is 16.6. The molecule has 0 spiro atoms. The number of hydrogen-bond donors (Lipinski definition) is 0. The fraction of sp³-hybridized carbons (Fsp3) is 0.784. The first-order valence-electron chi connectivity index (χ1n) is 46.1. The zero-order valence-corrected chi connectivity index (χ0v) is 71.1. The maximum atomic E-state index is 13.0. The van der Waals surface area contributed by atoms with Crippen molar-refractivity contribution in [2.24, 2.45) is 0 Å². The minimum atomic E-state index is -0.448. The summed E-state index contributed by atoms with van der Waals surface area (Å²) in [4.78, 5) is 13.0. The quantitative estimate of drug-likeness (QED) is 0.0309. The first-order chi connectivity index (χ1) is 52.8. The van der Waals surface area contributed by atoms with Crippen LogP contribution in [0.25, 0.3) is 0 Å². The van der Waals surface area contributed by atoms with Crippen molar-refractivity contribution in [3.8, 4) is 46.0 Å². The average molecular weight is 1490 g/mol. The van der Waals surface area contributed by atoms with Gasteiger partial charge in [-0.05, 0) is 98.5 Å². The second-order valence-corrected chi connectivity index (χ2v) is 31.8. The number of hydrogen-bond acceptors (Lipinski definition) is 10. The summed E-state index contributed by atoms with van der Waals surface area (Å²) in [5.74, 6) is 4.98. The van der Waals surface area contributed by atoms with Gasteiger partial charge in [0.2, 0.25) is 11.5 Å². The molecule has 0 bridgehead atoms. The summed E-state index contributed by atoms with van der Waals surface area (Å²) in [7, 11) is 0. The summed E-state index contributed by atoms with van der Waals surface area (Å²) in [6.07, 6.45) is 75.8. The third-order valence-electron chi connectivity index (χ3n) is 21.1. The number of carbonyl (C=O) groups is 1. The van der Waals surface area contributed by atoms with Crippen LogP contribution < -0.4 is 37.9 Å². The second kappa shape index (κ2) is 71.6. The molecule has 0 aliphatic rings. The highest BCUT2D eigenvalue weighted by Gasteiger charge is 2.20. The topological polar surface area (TPSA) is 100 Å². The molecule has 10 nitrogen and oxygen atoms in total. The largest absolute Gasteiger partial charge is 0.490 e. The van der Waals surface area contributed by atoms with Crippen LogP contribution in [-0.4, -0.2) is 45.6 Å². The zero-order chi connectivity index (χ0) is 76.6. The molecule has 0 saturated carbocycles. The molecule has 0 radical (unpaired) electrons. The maximum absolute atomic E-state index is 13.0. The third-order valence-corrected chi connectivity index (χ3v) is 21.1. The number of carbonyl (C=O) groups excluding carboxylic acids is 1. The molecule has 0 aliphatic carbocycles. The summed E-state index contributed by atoms with van der Waals surface area (Å²) in [6, 6.07) is 14.2. The van der Waals surface area contributed by atoms with E-state index in [2.05, 4.69) is 72.4 Å². The van der Waals surface area contributed by atoms with Crippen molar-refractivity contribution in [2.75, 3.05) is 39.6 Å². The Hall–Kier alpha value is -4.73. The van der Waals surface area contributed by atoms with Crippen LogP contribution in [0.1, 0.15) is 450 Å². The monoisotopic (exact) mass is 1490 g/mol. The molecule has 0 fully saturated rings. The van der Waals surface area contributed by atoms with Gasteiger partial charge in [0.05, 0.1) is 39.6 Å². The molecule has 107 heavy (non-hydrogen) atoms. The number of esters is 1. The van der Waals surface area contributed by atoms with Gasteiger partial charge < -0.3 is 42.6 Å². The van der Waals surface area contributed by atoms with E-state index in [4.69, 9.17) is 42.6 Å². The Morgan fingerprint density at radius 1 is 0.234 bits per heavy atom. The Balaban J connectivity index is 2.00. The van der Waals surface area contributed by atoms with E-state index in [9.17, 15) is 4.79 Å². The van der Waals surface area contributed by atoms with Gasteiger partial charge in [0.1, 0.15) is 31.3 Å². The summed E-state index contributed by atoms with van der Waals surface area (Å²) in [5.41, 5.74) is 2.91. The lowest BCUT2D eigenvalue weighted by Crippen LogP contribution is -2.08. The summed E-state index contributed by atoms with van der Waals surface area (Å²) >= 11 is 0. The van der Waals surface area contributed by atoms with Crippen molar-refractivity contribution in [3.05, 3.63) is 71.3 Å². The van der Waals surface area contributed by atoms with E-state index in [0.717, 1.165) is 93.7 Å². The summed E-state index contributed by atoms with van der Waals surface area (Å²) in [6.45, 7) is 23.4. The predicted octanol–water partition coefficient (Wildman–Crippen LogP) is 31.3. The molecule has 0 aliphatic heterocycles. The molecule has 0 saturated heterocycles. The molecule has 0 atom stereocenters. The fourth-order valence-electron chi connectivity index (χ4n) is 14.2. The summed E-state index contributed by atoms with van der Waals surface area (Å²) in [5, 5.41) is 0. The van der Waals surface area contributed by atoms with Crippen molar-refractivity contribution >= 4 is 5.97 Å². The highest BCUT2D eigenvalue weighted by molar-refractivity contribution is 5.86. The van der Waals surface area contributed by atoms with Gasteiger partial charge >= 0.3 is 5.97 Å². The molecular formula is C97H168O10. The Morgan fingerprint density at radius 2 is 0.421 bits per heavy atom. The molecule has 3 rings (SSSR count). The Morgan fingerprint density at radius 3 is 0.626 bits per heavy atom. The van der Waals surface area contributed by atoms with Gasteiger partial charge in [-0.1, -0.05) is 395 Å². The molecule has 616 valence electrons. The fourth-order valence-corrected chi connectivity index (χ4v) is 14.2. The van der Waals surface area contributed by atoms with Crippen LogP contribution in [0.5, 0.6) is 46.0 Å². The van der Waals surface area contributed by atoms with Gasteiger partial charge in [-0.2, -0.15) is 0 Å². The van der Waals surface area contributed by atoms with Crippen molar-refractivity contribution in [1.82, 2.24) is 0 Å². The van der Waals surface area contributed by atoms with E-state index in [0.29, 0.717) is 91.2 Å². The van der Waals surface area contributed by atoms with Gasteiger partial charge in [0.25, 0.3) is 0 Å². The standard InChI is InChI=1S/C97H168O10/c1-9-15-21-27-33-39-45-51-57-63-69-99-91-77-87(78-92(100-70-64-58-52-46-40-34-28-22-16-10-2)95(91)103-73-67-61-55-49-43-37-31-25-19-13-5)82-105-89-75-86(84-107-97(98)85(7)8)76-90(81-89)106-83-88-79-93(101-71-65-59-53-47-41-35-29-23-17-11-3)96(104-74-68-62-56-50-44-38-32-26-20-14-6)94(80-88)102-72-66-60-54-48-42-36-30-24-18-12-4/h75-81H,7,9-74,82-84H2,1-6,8H3. The molecule has 0 N–H and O–H groups in total. The van der Waals surface area contributed by atoms with Crippen molar-refractivity contribution < 1.29 is 47.4 Å². The lowest BCUT2D eigenvalue weighted by Gasteiger charge is -2.20. The third kappa shape index (κ3) is 53.7. The average Bonchev–Trinajstić information content (AvgIpc) is 0.828. The van der Waals surface area contributed by atoms with E-state index in [1.165, 1.54) is 308 Å². The summed E-state index contributed by atoms with van der Waals surface area (Å²) < 4.78 is 60.4. The first kappa shape index (κ1) is 96.5. The predicted molar refractivity (Wildman–Crippen MR) is 457 cm³/mol. The van der Waals surface area contributed by atoms with Gasteiger partial charge in [0, 0.05) is 11.6 Å². The molecule has 10 heteroatoms. The number of rotatable bonds is 81. The van der Waals surface area contributed by atoms with E-state index < -0.39 is 5.97 Å². The molecule has 0 amide bonds. The van der Waals surface area contributed by atoms with Crippen LogP contribution in [0.3, 0.4) is 0 Å². The molecule has 0 aromatic heterocycles. The Kier molecular flexibility index (Phi) is 64.5. The van der Waals surface area contributed by atoms with E-state index in [1.54, 1.807) is 6.92 Å². The van der Waals surface area contributed by atoms with E-state index in [1.807, 2.05) is 18.2 Å². The Bertz CT molecular complexity index is 2260. The Labute approximate surface area is 660 Å². The molecule has 3 aromatic rings. The molecule has 0 heterocycles.